The Kier molecular flexibility index (Phi) is 3.78. The number of amides is 1. The van der Waals surface area contributed by atoms with Gasteiger partial charge in [0.1, 0.15) is 5.82 Å². The van der Waals surface area contributed by atoms with Crippen LogP contribution in [0.4, 0.5) is 5.82 Å². The molecule has 3 N–H and O–H groups in total. The van der Waals surface area contributed by atoms with Crippen molar-refractivity contribution < 1.29 is 4.79 Å². The summed E-state index contributed by atoms with van der Waals surface area (Å²) in [6, 6.07) is 3.48. The van der Waals surface area contributed by atoms with E-state index in [1.54, 1.807) is 6.07 Å². The molecule has 4 nitrogen and oxygen atoms in total. The van der Waals surface area contributed by atoms with E-state index in [1.807, 2.05) is 6.07 Å². The number of anilines is 1. The predicted molar refractivity (Wildman–Crippen MR) is 77.0 cm³/mol. The van der Waals surface area contributed by atoms with Crippen LogP contribution in [0.3, 0.4) is 0 Å². The highest BCUT2D eigenvalue weighted by molar-refractivity contribution is 5.94. The van der Waals surface area contributed by atoms with Crippen molar-refractivity contribution in [3.8, 4) is 0 Å². The largest absolute Gasteiger partial charge is 0.384 e. The van der Waals surface area contributed by atoms with Gasteiger partial charge in [-0.3, -0.25) is 4.79 Å². The molecule has 0 saturated heterocycles. The lowest BCUT2D eigenvalue weighted by Gasteiger charge is -2.19. The molecule has 0 aliphatic heterocycles. The lowest BCUT2D eigenvalue weighted by molar-refractivity contribution is 0.0952. The van der Waals surface area contributed by atoms with Gasteiger partial charge < -0.3 is 11.1 Å². The maximum absolute atomic E-state index is 12.1. The highest BCUT2D eigenvalue weighted by Gasteiger charge is 2.21. The molecule has 0 unspecified atom stereocenters. The van der Waals surface area contributed by atoms with Gasteiger partial charge in [-0.2, -0.15) is 0 Å². The monoisotopic (exact) mass is 261 g/mol. The van der Waals surface area contributed by atoms with Crippen LogP contribution in [0.25, 0.3) is 0 Å². The molecule has 0 bridgehead atoms. The van der Waals surface area contributed by atoms with Crippen LogP contribution in [0.1, 0.15) is 56.1 Å². The van der Waals surface area contributed by atoms with Crippen LogP contribution in [-0.4, -0.2) is 17.4 Å². The molecule has 1 aromatic rings. The quantitative estimate of drug-likeness (QED) is 0.875. The van der Waals surface area contributed by atoms with E-state index in [-0.39, 0.29) is 11.3 Å². The number of carbonyl (C=O) groups excluding carboxylic acids is 1. The molecule has 1 aliphatic rings. The first-order valence-corrected chi connectivity index (χ1v) is 6.92. The molecule has 1 heterocycles. The van der Waals surface area contributed by atoms with Crippen molar-refractivity contribution in [1.29, 1.82) is 0 Å². The second-order valence-electron chi connectivity index (χ2n) is 6.40. The summed E-state index contributed by atoms with van der Waals surface area (Å²) in [5.74, 6) is 1.17. The van der Waals surface area contributed by atoms with E-state index in [0.717, 1.165) is 24.6 Å². The number of rotatable bonds is 4. The number of nitrogens with zero attached hydrogens (tertiary/aromatic N) is 1. The average Bonchev–Trinajstić information content (AvgIpc) is 3.11. The minimum atomic E-state index is -0.113. The molecule has 0 aromatic carbocycles. The summed E-state index contributed by atoms with van der Waals surface area (Å²) in [6.45, 7) is 6.92. The van der Waals surface area contributed by atoms with Gasteiger partial charge in [0, 0.05) is 23.2 Å². The normalized spacial score (nSPS) is 15.3. The molecule has 4 heteroatoms. The SMILES string of the molecule is CC(C)(C)c1cc(C(=O)NCCC2CC2)cc(N)n1. The summed E-state index contributed by atoms with van der Waals surface area (Å²) < 4.78 is 0. The van der Waals surface area contributed by atoms with Gasteiger partial charge in [-0.25, -0.2) is 4.98 Å². The zero-order valence-electron chi connectivity index (χ0n) is 12.0. The first-order valence-electron chi connectivity index (χ1n) is 6.92. The number of nitrogens with one attached hydrogen (secondary N) is 1. The summed E-state index contributed by atoms with van der Waals surface area (Å²) in [5.41, 5.74) is 7.13. The zero-order chi connectivity index (χ0) is 14.0. The Bertz CT molecular complexity index is 473. The molecule has 1 saturated carbocycles. The molecule has 19 heavy (non-hydrogen) atoms. The van der Waals surface area contributed by atoms with Crippen LogP contribution in [0, 0.1) is 5.92 Å². The third kappa shape index (κ3) is 3.94. The van der Waals surface area contributed by atoms with Crippen molar-refractivity contribution in [2.24, 2.45) is 5.92 Å². The van der Waals surface area contributed by atoms with E-state index in [4.69, 9.17) is 5.73 Å². The van der Waals surface area contributed by atoms with Crippen LogP contribution in [0.5, 0.6) is 0 Å². The Hall–Kier alpha value is -1.58. The van der Waals surface area contributed by atoms with Crippen LogP contribution >= 0.6 is 0 Å². The molecule has 1 fully saturated rings. The summed E-state index contributed by atoms with van der Waals surface area (Å²) in [6.07, 6.45) is 3.71. The number of hydrogen-bond donors (Lipinski definition) is 2. The van der Waals surface area contributed by atoms with Crippen LogP contribution in [0.15, 0.2) is 12.1 Å². The molecular weight excluding hydrogens is 238 g/mol. The highest BCUT2D eigenvalue weighted by atomic mass is 16.1. The van der Waals surface area contributed by atoms with Gasteiger partial charge in [-0.1, -0.05) is 33.6 Å². The number of carbonyl (C=O) groups is 1. The maximum Gasteiger partial charge on any atom is 0.251 e. The van der Waals surface area contributed by atoms with Gasteiger partial charge in [0.15, 0.2) is 0 Å². The average molecular weight is 261 g/mol. The predicted octanol–water partition coefficient (Wildman–Crippen LogP) is 2.49. The number of hydrogen-bond acceptors (Lipinski definition) is 3. The van der Waals surface area contributed by atoms with Crippen LogP contribution in [0.2, 0.25) is 0 Å². The number of pyridine rings is 1. The molecule has 2 rings (SSSR count). The fraction of sp³-hybridized carbons (Fsp3) is 0.600. The Morgan fingerprint density at radius 1 is 1.42 bits per heavy atom. The van der Waals surface area contributed by atoms with E-state index < -0.39 is 0 Å². The molecule has 104 valence electrons. The zero-order valence-corrected chi connectivity index (χ0v) is 12.0. The lowest BCUT2D eigenvalue weighted by Crippen LogP contribution is -2.26. The third-order valence-electron chi connectivity index (χ3n) is 3.41. The van der Waals surface area contributed by atoms with Crippen molar-refractivity contribution >= 4 is 11.7 Å². The molecule has 0 atom stereocenters. The molecule has 1 amide bonds. The summed E-state index contributed by atoms with van der Waals surface area (Å²) in [5, 5.41) is 2.95. The third-order valence-corrected chi connectivity index (χ3v) is 3.41. The van der Waals surface area contributed by atoms with Gasteiger partial charge in [-0.05, 0) is 24.5 Å². The molecular formula is C15H23N3O. The first-order chi connectivity index (χ1) is 8.86. The Morgan fingerprint density at radius 2 is 2.11 bits per heavy atom. The van der Waals surface area contributed by atoms with Crippen molar-refractivity contribution in [3.05, 3.63) is 23.4 Å². The van der Waals surface area contributed by atoms with Gasteiger partial charge in [-0.15, -0.1) is 0 Å². The van der Waals surface area contributed by atoms with E-state index >= 15 is 0 Å². The van der Waals surface area contributed by atoms with Crippen molar-refractivity contribution in [2.45, 2.75) is 45.4 Å². The molecule has 0 radical (unpaired) electrons. The Morgan fingerprint density at radius 3 is 2.68 bits per heavy atom. The fourth-order valence-corrected chi connectivity index (χ4v) is 1.97. The molecule has 1 aliphatic carbocycles. The Balaban J connectivity index is 2.05. The lowest BCUT2D eigenvalue weighted by atomic mass is 9.90. The fourth-order valence-electron chi connectivity index (χ4n) is 1.97. The van der Waals surface area contributed by atoms with E-state index in [0.29, 0.717) is 11.4 Å². The smallest absolute Gasteiger partial charge is 0.251 e. The highest BCUT2D eigenvalue weighted by Crippen LogP contribution is 2.31. The molecule has 1 aromatic heterocycles. The summed E-state index contributed by atoms with van der Waals surface area (Å²) >= 11 is 0. The van der Waals surface area contributed by atoms with Crippen molar-refractivity contribution in [3.63, 3.8) is 0 Å². The van der Waals surface area contributed by atoms with Crippen LogP contribution in [-0.2, 0) is 5.41 Å². The van der Waals surface area contributed by atoms with Crippen molar-refractivity contribution in [2.75, 3.05) is 12.3 Å². The summed E-state index contributed by atoms with van der Waals surface area (Å²) in [7, 11) is 0. The van der Waals surface area contributed by atoms with Gasteiger partial charge in [0.2, 0.25) is 0 Å². The van der Waals surface area contributed by atoms with Crippen molar-refractivity contribution in [1.82, 2.24) is 10.3 Å². The minimum absolute atomic E-state index is 0.0553. The molecule has 0 spiro atoms. The topological polar surface area (TPSA) is 68.0 Å². The maximum atomic E-state index is 12.1. The van der Waals surface area contributed by atoms with Gasteiger partial charge in [0.25, 0.3) is 5.91 Å². The minimum Gasteiger partial charge on any atom is -0.384 e. The second kappa shape index (κ2) is 5.19. The van der Waals surface area contributed by atoms with Crippen LogP contribution < -0.4 is 11.1 Å². The number of nitrogen functional groups attached to an aromatic ring is 1. The van der Waals surface area contributed by atoms with Gasteiger partial charge >= 0.3 is 0 Å². The first kappa shape index (κ1) is 13.8. The summed E-state index contributed by atoms with van der Waals surface area (Å²) in [4.78, 5) is 16.4. The van der Waals surface area contributed by atoms with E-state index in [9.17, 15) is 4.79 Å². The number of nitrogens with two attached hydrogens (primary N) is 1. The Labute approximate surface area is 114 Å². The number of aromatic nitrogens is 1. The van der Waals surface area contributed by atoms with Gasteiger partial charge in [0.05, 0.1) is 0 Å². The van der Waals surface area contributed by atoms with E-state index in [2.05, 4.69) is 31.1 Å². The van der Waals surface area contributed by atoms with E-state index in [1.165, 1.54) is 12.8 Å². The standard InChI is InChI=1S/C15H23N3O/c1-15(2,3)12-8-11(9-13(16)18-12)14(19)17-7-6-10-4-5-10/h8-10H,4-7H2,1-3H3,(H2,16,18)(H,17,19). The second-order valence-corrected chi connectivity index (χ2v) is 6.40.